The third kappa shape index (κ3) is 2.01. The van der Waals surface area contributed by atoms with Crippen LogP contribution in [-0.4, -0.2) is 9.91 Å². The molecule has 0 saturated carbocycles. The molecule has 1 rings (SSSR count). The number of nitrogens with zero attached hydrogens (tertiary/aromatic N) is 3. The standard InChI is InChI=1S/C7H2F3N3O2/c8-4-1-3(2-11)5(6(9)10)7(12-4)13(14)15/h1,6H. The molecule has 1 aromatic heterocycles. The van der Waals surface area contributed by atoms with Crippen LogP contribution >= 0.6 is 0 Å². The molecule has 8 heteroatoms. The zero-order valence-corrected chi connectivity index (χ0v) is 6.95. The zero-order valence-electron chi connectivity index (χ0n) is 6.95. The van der Waals surface area contributed by atoms with E-state index in [2.05, 4.69) is 4.98 Å². The summed E-state index contributed by atoms with van der Waals surface area (Å²) < 4.78 is 37.3. The maximum absolute atomic E-state index is 12.6. The Kier molecular flexibility index (Phi) is 2.85. The van der Waals surface area contributed by atoms with E-state index in [0.29, 0.717) is 6.07 Å². The van der Waals surface area contributed by atoms with Gasteiger partial charge in [0, 0.05) is 6.07 Å². The molecule has 1 heterocycles. The predicted octanol–water partition coefficient (Wildman–Crippen LogP) is 1.94. The van der Waals surface area contributed by atoms with Gasteiger partial charge in [0.05, 0.1) is 5.56 Å². The summed E-state index contributed by atoms with van der Waals surface area (Å²) in [5.74, 6) is -2.68. The minimum atomic E-state index is -3.26. The molecule has 0 aliphatic rings. The molecule has 78 valence electrons. The first-order valence-corrected chi connectivity index (χ1v) is 3.50. The van der Waals surface area contributed by atoms with E-state index in [1.54, 1.807) is 0 Å². The third-order valence-corrected chi connectivity index (χ3v) is 1.52. The van der Waals surface area contributed by atoms with Crippen LogP contribution in [0.1, 0.15) is 17.6 Å². The van der Waals surface area contributed by atoms with Crippen LogP contribution in [0.25, 0.3) is 0 Å². The Labute approximate surface area is 80.9 Å². The van der Waals surface area contributed by atoms with E-state index in [1.807, 2.05) is 0 Å². The fourth-order valence-corrected chi connectivity index (χ4v) is 0.958. The lowest BCUT2D eigenvalue weighted by Crippen LogP contribution is -2.04. The van der Waals surface area contributed by atoms with Gasteiger partial charge >= 0.3 is 11.8 Å². The van der Waals surface area contributed by atoms with Crippen molar-refractivity contribution in [1.82, 2.24) is 4.98 Å². The van der Waals surface area contributed by atoms with Gasteiger partial charge in [-0.05, 0) is 9.91 Å². The van der Waals surface area contributed by atoms with Crippen LogP contribution in [0.3, 0.4) is 0 Å². The van der Waals surface area contributed by atoms with E-state index in [1.165, 1.54) is 6.07 Å². The molecule has 0 saturated heterocycles. The van der Waals surface area contributed by atoms with Gasteiger partial charge in [-0.25, -0.2) is 8.78 Å². The summed E-state index contributed by atoms with van der Waals surface area (Å²) in [6.07, 6.45) is -3.26. The smallest absolute Gasteiger partial charge is 0.358 e. The maximum atomic E-state index is 12.6. The number of alkyl halides is 2. The predicted molar refractivity (Wildman–Crippen MR) is 40.5 cm³/mol. The van der Waals surface area contributed by atoms with Gasteiger partial charge in [-0.2, -0.15) is 9.65 Å². The van der Waals surface area contributed by atoms with Crippen molar-refractivity contribution in [2.24, 2.45) is 0 Å². The molecule has 15 heavy (non-hydrogen) atoms. The topological polar surface area (TPSA) is 79.8 Å². The Morgan fingerprint density at radius 1 is 1.60 bits per heavy atom. The first-order chi connectivity index (χ1) is 6.97. The van der Waals surface area contributed by atoms with Crippen LogP contribution in [-0.2, 0) is 0 Å². The number of aromatic nitrogens is 1. The van der Waals surface area contributed by atoms with Crippen molar-refractivity contribution in [2.45, 2.75) is 6.43 Å². The second-order valence-corrected chi connectivity index (χ2v) is 2.40. The third-order valence-electron chi connectivity index (χ3n) is 1.52. The molecule has 0 unspecified atom stereocenters. The van der Waals surface area contributed by atoms with Crippen molar-refractivity contribution >= 4 is 5.82 Å². The number of rotatable bonds is 2. The summed E-state index contributed by atoms with van der Waals surface area (Å²) in [5.41, 5.74) is -1.95. The Morgan fingerprint density at radius 3 is 2.60 bits per heavy atom. The number of hydrogen-bond donors (Lipinski definition) is 0. The first kappa shape index (κ1) is 10.9. The number of halogens is 3. The van der Waals surface area contributed by atoms with Crippen LogP contribution in [0.4, 0.5) is 19.0 Å². The van der Waals surface area contributed by atoms with Gasteiger partial charge in [0.15, 0.2) is 0 Å². The maximum Gasteiger partial charge on any atom is 0.377 e. The fraction of sp³-hybridized carbons (Fsp3) is 0.143. The van der Waals surface area contributed by atoms with Gasteiger partial charge in [-0.3, -0.25) is 0 Å². The van der Waals surface area contributed by atoms with E-state index in [4.69, 9.17) is 5.26 Å². The Morgan fingerprint density at radius 2 is 2.20 bits per heavy atom. The highest BCUT2D eigenvalue weighted by atomic mass is 19.3. The van der Waals surface area contributed by atoms with E-state index >= 15 is 0 Å². The lowest BCUT2D eigenvalue weighted by Gasteiger charge is -2.02. The molecule has 0 fully saturated rings. The van der Waals surface area contributed by atoms with Crippen molar-refractivity contribution in [3.63, 3.8) is 0 Å². The summed E-state index contributed by atoms with van der Waals surface area (Å²) in [4.78, 5) is 11.7. The average molecular weight is 217 g/mol. The summed E-state index contributed by atoms with van der Waals surface area (Å²) in [6, 6.07) is 1.67. The monoisotopic (exact) mass is 217 g/mol. The number of nitriles is 1. The molecule has 0 N–H and O–H groups in total. The summed E-state index contributed by atoms with van der Waals surface area (Å²) in [7, 11) is 0. The van der Waals surface area contributed by atoms with Crippen molar-refractivity contribution in [1.29, 1.82) is 5.26 Å². The van der Waals surface area contributed by atoms with Gasteiger partial charge < -0.3 is 10.1 Å². The highest BCUT2D eigenvalue weighted by Gasteiger charge is 2.29. The normalized spacial score (nSPS) is 10.1. The molecule has 0 aliphatic carbocycles. The molecule has 0 aliphatic heterocycles. The molecule has 0 aromatic carbocycles. The van der Waals surface area contributed by atoms with Gasteiger partial charge in [0.25, 0.3) is 6.43 Å². The summed E-state index contributed by atoms with van der Waals surface area (Å²) in [5, 5.41) is 18.7. The number of hydrogen-bond acceptors (Lipinski definition) is 4. The van der Waals surface area contributed by atoms with Crippen LogP contribution in [0.2, 0.25) is 0 Å². The van der Waals surface area contributed by atoms with Crippen LogP contribution < -0.4 is 0 Å². The van der Waals surface area contributed by atoms with Crippen molar-refractivity contribution in [2.75, 3.05) is 0 Å². The highest BCUT2D eigenvalue weighted by Crippen LogP contribution is 2.30. The van der Waals surface area contributed by atoms with Gasteiger partial charge in [0.2, 0.25) is 0 Å². The molecule has 0 bridgehead atoms. The molecule has 0 atom stereocenters. The lowest BCUT2D eigenvalue weighted by molar-refractivity contribution is -0.391. The fourth-order valence-electron chi connectivity index (χ4n) is 0.958. The quantitative estimate of drug-likeness (QED) is 0.430. The average Bonchev–Trinajstić information content (AvgIpc) is 2.15. The van der Waals surface area contributed by atoms with Crippen molar-refractivity contribution < 1.29 is 18.1 Å². The lowest BCUT2D eigenvalue weighted by atomic mass is 10.1. The van der Waals surface area contributed by atoms with Crippen molar-refractivity contribution in [3.05, 3.63) is 33.3 Å². The Balaban J connectivity index is 3.56. The Hall–Kier alpha value is -2.17. The van der Waals surface area contributed by atoms with Crippen LogP contribution in [0.15, 0.2) is 6.07 Å². The first-order valence-electron chi connectivity index (χ1n) is 3.50. The zero-order chi connectivity index (χ0) is 11.6. The van der Waals surface area contributed by atoms with E-state index in [9.17, 15) is 23.3 Å². The van der Waals surface area contributed by atoms with E-state index < -0.39 is 34.2 Å². The minimum Gasteiger partial charge on any atom is -0.358 e. The largest absolute Gasteiger partial charge is 0.377 e. The molecular weight excluding hydrogens is 215 g/mol. The minimum absolute atomic E-state index is 0.425. The molecule has 1 aromatic rings. The van der Waals surface area contributed by atoms with Crippen LogP contribution in [0, 0.1) is 27.4 Å². The number of nitro groups is 1. The second-order valence-electron chi connectivity index (χ2n) is 2.40. The molecule has 5 nitrogen and oxygen atoms in total. The van der Waals surface area contributed by atoms with E-state index in [0.717, 1.165) is 0 Å². The number of pyridine rings is 1. The second kappa shape index (κ2) is 3.91. The van der Waals surface area contributed by atoms with Gasteiger partial charge in [0.1, 0.15) is 11.6 Å². The van der Waals surface area contributed by atoms with Gasteiger partial charge in [-0.1, -0.05) is 0 Å². The van der Waals surface area contributed by atoms with E-state index in [-0.39, 0.29) is 0 Å². The summed E-state index contributed by atoms with van der Waals surface area (Å²) >= 11 is 0. The molecule has 0 amide bonds. The Bertz CT molecular complexity index is 456. The molecular formula is C7H2F3N3O2. The van der Waals surface area contributed by atoms with Crippen LogP contribution in [0.5, 0.6) is 0 Å². The molecule has 0 radical (unpaired) electrons. The van der Waals surface area contributed by atoms with Gasteiger partial charge in [-0.15, -0.1) is 0 Å². The molecule has 0 spiro atoms. The highest BCUT2D eigenvalue weighted by molar-refractivity contribution is 5.46. The van der Waals surface area contributed by atoms with Crippen molar-refractivity contribution in [3.8, 4) is 6.07 Å². The summed E-state index contributed by atoms with van der Waals surface area (Å²) in [6.45, 7) is 0. The SMILES string of the molecule is N#Cc1cc(F)nc([N+](=O)[O-])c1C(F)F.